The smallest absolute Gasteiger partial charge is 0.159 e. The second-order valence-electron chi connectivity index (χ2n) is 6.79. The van der Waals surface area contributed by atoms with Gasteiger partial charge in [0.1, 0.15) is 12.0 Å². The fourth-order valence-electron chi connectivity index (χ4n) is 3.17. The maximum Gasteiger partial charge on any atom is 0.159 e. The molecule has 0 unspecified atom stereocenters. The largest absolute Gasteiger partial charge is 0.491 e. The maximum atomic E-state index is 11.3. The molecule has 4 nitrogen and oxygen atoms in total. The molecule has 0 N–H and O–H groups in total. The Morgan fingerprint density at radius 2 is 1.81 bits per heavy atom. The van der Waals surface area contributed by atoms with Crippen molar-refractivity contribution in [3.63, 3.8) is 0 Å². The van der Waals surface area contributed by atoms with E-state index >= 15 is 0 Å². The van der Waals surface area contributed by atoms with Crippen LogP contribution in [0.5, 0.6) is 5.75 Å². The van der Waals surface area contributed by atoms with Gasteiger partial charge in [-0.1, -0.05) is 25.1 Å². The van der Waals surface area contributed by atoms with Gasteiger partial charge in [-0.25, -0.2) is 9.97 Å². The Balaban J connectivity index is 1.93. The summed E-state index contributed by atoms with van der Waals surface area (Å²) in [4.78, 5) is 20.4. The van der Waals surface area contributed by atoms with E-state index in [0.29, 0.717) is 5.82 Å². The molecular formula is C23H24N2O2. The number of ether oxygens (including phenoxy) is 1. The molecule has 3 aromatic rings. The molecule has 0 aliphatic rings. The minimum absolute atomic E-state index is 0.139. The lowest BCUT2D eigenvalue weighted by molar-refractivity contribution is 0.112. The van der Waals surface area contributed by atoms with E-state index in [1.807, 2.05) is 76.5 Å². The third-order valence-corrected chi connectivity index (χ3v) is 4.45. The minimum Gasteiger partial charge on any atom is -0.491 e. The first-order valence-electron chi connectivity index (χ1n) is 9.20. The number of aryl methyl sites for hydroxylation is 1. The number of benzene rings is 2. The number of nitrogens with zero attached hydrogens (tertiary/aromatic N) is 2. The molecule has 0 fully saturated rings. The van der Waals surface area contributed by atoms with E-state index in [1.54, 1.807) is 0 Å². The Bertz CT molecular complexity index is 947. The molecule has 0 radical (unpaired) electrons. The van der Waals surface area contributed by atoms with Crippen LogP contribution in [-0.4, -0.2) is 22.4 Å². The molecule has 27 heavy (non-hydrogen) atoms. The first kappa shape index (κ1) is 18.8. The van der Waals surface area contributed by atoms with E-state index < -0.39 is 0 Å². The zero-order valence-corrected chi connectivity index (χ0v) is 16.2. The van der Waals surface area contributed by atoms with Crippen LogP contribution in [0.1, 0.15) is 42.3 Å². The maximum absolute atomic E-state index is 11.3. The average molecular weight is 360 g/mol. The summed E-state index contributed by atoms with van der Waals surface area (Å²) >= 11 is 0. The number of aromatic nitrogens is 2. The summed E-state index contributed by atoms with van der Waals surface area (Å²) in [5, 5.41) is 0. The summed E-state index contributed by atoms with van der Waals surface area (Å²) < 4.78 is 5.79. The van der Waals surface area contributed by atoms with Gasteiger partial charge < -0.3 is 4.74 Å². The molecule has 0 aliphatic carbocycles. The molecule has 0 atom stereocenters. The molecule has 0 aliphatic heterocycles. The highest BCUT2D eigenvalue weighted by Gasteiger charge is 2.11. The van der Waals surface area contributed by atoms with Gasteiger partial charge in [-0.3, -0.25) is 4.79 Å². The van der Waals surface area contributed by atoms with Crippen LogP contribution in [0.2, 0.25) is 0 Å². The van der Waals surface area contributed by atoms with Crippen molar-refractivity contribution in [1.29, 1.82) is 0 Å². The van der Waals surface area contributed by atoms with Crippen molar-refractivity contribution in [2.75, 3.05) is 0 Å². The van der Waals surface area contributed by atoms with Crippen molar-refractivity contribution in [3.8, 4) is 28.3 Å². The number of rotatable bonds is 6. The molecule has 0 spiro atoms. The molecular weight excluding hydrogens is 336 g/mol. The lowest BCUT2D eigenvalue weighted by Crippen LogP contribution is -2.06. The van der Waals surface area contributed by atoms with Crippen LogP contribution in [-0.2, 0) is 6.42 Å². The van der Waals surface area contributed by atoms with Crippen molar-refractivity contribution in [1.82, 2.24) is 9.97 Å². The summed E-state index contributed by atoms with van der Waals surface area (Å²) in [6.45, 7) is 8.09. The van der Waals surface area contributed by atoms with Gasteiger partial charge in [0.05, 0.1) is 6.10 Å². The lowest BCUT2D eigenvalue weighted by Gasteiger charge is -2.13. The highest BCUT2D eigenvalue weighted by atomic mass is 16.5. The van der Waals surface area contributed by atoms with Crippen LogP contribution in [0.15, 0.2) is 48.8 Å². The summed E-state index contributed by atoms with van der Waals surface area (Å²) in [7, 11) is 0. The predicted molar refractivity (Wildman–Crippen MR) is 108 cm³/mol. The van der Waals surface area contributed by atoms with Crippen LogP contribution in [0, 0.1) is 6.92 Å². The minimum atomic E-state index is 0.139. The van der Waals surface area contributed by atoms with Crippen molar-refractivity contribution in [2.24, 2.45) is 0 Å². The van der Waals surface area contributed by atoms with E-state index in [9.17, 15) is 4.79 Å². The van der Waals surface area contributed by atoms with Crippen LogP contribution >= 0.6 is 0 Å². The summed E-state index contributed by atoms with van der Waals surface area (Å²) in [5.74, 6) is 1.55. The topological polar surface area (TPSA) is 52.1 Å². The van der Waals surface area contributed by atoms with E-state index in [0.717, 1.165) is 51.8 Å². The number of hydrogen-bond donors (Lipinski definition) is 0. The highest BCUT2D eigenvalue weighted by molar-refractivity contribution is 5.83. The zero-order chi connectivity index (χ0) is 19.4. The Morgan fingerprint density at radius 3 is 2.41 bits per heavy atom. The Hall–Kier alpha value is -3.01. The van der Waals surface area contributed by atoms with E-state index in [2.05, 4.69) is 9.97 Å². The van der Waals surface area contributed by atoms with E-state index in [-0.39, 0.29) is 6.10 Å². The Morgan fingerprint density at radius 1 is 1.07 bits per heavy atom. The third kappa shape index (κ3) is 4.05. The SMILES string of the molecule is CCc1c(C=O)cccc1-c1cnc(-c2ccc(OC(C)C)c(C)c2)nc1. The highest BCUT2D eigenvalue weighted by Crippen LogP contribution is 2.28. The lowest BCUT2D eigenvalue weighted by atomic mass is 9.96. The first-order chi connectivity index (χ1) is 13.0. The van der Waals surface area contributed by atoms with Gasteiger partial charge in [-0.15, -0.1) is 0 Å². The molecule has 1 aromatic heterocycles. The molecule has 4 heteroatoms. The van der Waals surface area contributed by atoms with Gasteiger partial charge in [0.2, 0.25) is 0 Å². The van der Waals surface area contributed by atoms with Crippen LogP contribution in [0.25, 0.3) is 22.5 Å². The molecule has 0 bridgehead atoms. The van der Waals surface area contributed by atoms with Gasteiger partial charge in [0.15, 0.2) is 5.82 Å². The van der Waals surface area contributed by atoms with Crippen molar-refractivity contribution >= 4 is 6.29 Å². The number of carbonyl (C=O) groups excluding carboxylic acids is 1. The predicted octanol–water partition coefficient (Wildman–Crippen LogP) is 5.28. The average Bonchev–Trinajstić information content (AvgIpc) is 2.68. The number of aldehydes is 1. The Labute approximate surface area is 160 Å². The Kier molecular flexibility index (Phi) is 5.65. The van der Waals surface area contributed by atoms with Crippen molar-refractivity contribution in [3.05, 3.63) is 65.5 Å². The first-order valence-corrected chi connectivity index (χ1v) is 9.20. The second-order valence-corrected chi connectivity index (χ2v) is 6.79. The standard InChI is InChI=1S/C23H24N2O2/c1-5-20-18(14-26)7-6-8-21(20)19-12-24-23(25-13-19)17-9-10-22(16(4)11-17)27-15(2)3/h6-15H,5H2,1-4H3. The molecule has 0 saturated carbocycles. The molecule has 0 saturated heterocycles. The third-order valence-electron chi connectivity index (χ3n) is 4.45. The molecule has 1 heterocycles. The second kappa shape index (κ2) is 8.12. The molecule has 0 amide bonds. The van der Waals surface area contributed by atoms with Crippen LogP contribution in [0.3, 0.4) is 0 Å². The summed E-state index contributed by atoms with van der Waals surface area (Å²) in [6.07, 6.45) is 5.46. The zero-order valence-electron chi connectivity index (χ0n) is 16.2. The van der Waals surface area contributed by atoms with Crippen LogP contribution in [0.4, 0.5) is 0 Å². The summed E-state index contributed by atoms with van der Waals surface area (Å²) in [6, 6.07) is 11.7. The molecule has 138 valence electrons. The van der Waals surface area contributed by atoms with Gasteiger partial charge in [0, 0.05) is 29.1 Å². The van der Waals surface area contributed by atoms with E-state index in [1.165, 1.54) is 0 Å². The van der Waals surface area contributed by atoms with Gasteiger partial charge in [-0.2, -0.15) is 0 Å². The quantitative estimate of drug-likeness (QED) is 0.561. The monoisotopic (exact) mass is 360 g/mol. The molecule has 2 aromatic carbocycles. The fourth-order valence-corrected chi connectivity index (χ4v) is 3.17. The van der Waals surface area contributed by atoms with Crippen molar-refractivity contribution in [2.45, 2.75) is 40.2 Å². The van der Waals surface area contributed by atoms with Crippen LogP contribution < -0.4 is 4.74 Å². The number of carbonyl (C=O) groups is 1. The molecule has 3 rings (SSSR count). The van der Waals surface area contributed by atoms with Gasteiger partial charge >= 0.3 is 0 Å². The summed E-state index contributed by atoms with van der Waals surface area (Å²) in [5.41, 5.74) is 5.67. The number of hydrogen-bond acceptors (Lipinski definition) is 4. The fraction of sp³-hybridized carbons (Fsp3) is 0.261. The van der Waals surface area contributed by atoms with Gasteiger partial charge in [0.25, 0.3) is 0 Å². The van der Waals surface area contributed by atoms with Gasteiger partial charge in [-0.05, 0) is 62.1 Å². The normalized spacial score (nSPS) is 10.9. The van der Waals surface area contributed by atoms with Crippen molar-refractivity contribution < 1.29 is 9.53 Å². The van der Waals surface area contributed by atoms with E-state index in [4.69, 9.17) is 4.74 Å².